The number of nitrogens with zero attached hydrogens (tertiary/aromatic N) is 2. The molecule has 1 atom stereocenters. The van der Waals surface area contributed by atoms with Crippen molar-refractivity contribution in [1.82, 2.24) is 5.01 Å². The summed E-state index contributed by atoms with van der Waals surface area (Å²) in [4.78, 5) is 11.8. The molecule has 1 unspecified atom stereocenters. The topological polar surface area (TPSA) is 32.7 Å². The maximum Gasteiger partial charge on any atom is 0.248 e. The predicted molar refractivity (Wildman–Crippen MR) is 60.5 cm³/mol. The van der Waals surface area contributed by atoms with E-state index >= 15 is 0 Å². The summed E-state index contributed by atoms with van der Waals surface area (Å²) in [6.07, 6.45) is 3.02. The summed E-state index contributed by atoms with van der Waals surface area (Å²) in [5, 5.41) is 6.22. The van der Waals surface area contributed by atoms with Gasteiger partial charge in [-0.25, -0.2) is 5.01 Å². The number of hydrogen-bond donors (Lipinski definition) is 0. The molecule has 84 valence electrons. The highest BCUT2D eigenvalue weighted by molar-refractivity contribution is 6.07. The highest BCUT2D eigenvalue weighted by Crippen LogP contribution is 2.37. The van der Waals surface area contributed by atoms with E-state index in [0.29, 0.717) is 18.4 Å². The first-order valence-corrected chi connectivity index (χ1v) is 5.79. The molecule has 0 aromatic rings. The third-order valence-electron chi connectivity index (χ3n) is 3.36. The Labute approximate surface area is 91.5 Å². The first-order chi connectivity index (χ1) is 6.89. The minimum absolute atomic E-state index is 0.0215. The third kappa shape index (κ3) is 2.06. The molecule has 0 aromatic carbocycles. The Morgan fingerprint density at radius 3 is 2.40 bits per heavy atom. The van der Waals surface area contributed by atoms with Gasteiger partial charge < -0.3 is 0 Å². The Bertz CT molecular complexity index is 310. The van der Waals surface area contributed by atoms with Crippen LogP contribution in [-0.4, -0.2) is 22.7 Å². The molecule has 1 heterocycles. The lowest BCUT2D eigenvalue weighted by Crippen LogP contribution is -2.32. The van der Waals surface area contributed by atoms with Crippen molar-refractivity contribution in [3.63, 3.8) is 0 Å². The van der Waals surface area contributed by atoms with Gasteiger partial charge in [0, 0.05) is 5.41 Å². The summed E-state index contributed by atoms with van der Waals surface area (Å²) in [6, 6.07) is 0.303. The number of carbonyl (C=O) groups excluding carboxylic acids is 1. The van der Waals surface area contributed by atoms with E-state index in [4.69, 9.17) is 0 Å². The van der Waals surface area contributed by atoms with Gasteiger partial charge in [0.15, 0.2) is 0 Å². The largest absolute Gasteiger partial charge is 0.273 e. The van der Waals surface area contributed by atoms with Crippen molar-refractivity contribution < 1.29 is 4.79 Å². The van der Waals surface area contributed by atoms with Gasteiger partial charge in [-0.05, 0) is 25.7 Å². The molecule has 0 spiro atoms. The molecule has 1 saturated carbocycles. The Kier molecular flexibility index (Phi) is 2.36. The average molecular weight is 208 g/mol. The van der Waals surface area contributed by atoms with Crippen molar-refractivity contribution in [1.29, 1.82) is 0 Å². The van der Waals surface area contributed by atoms with Crippen LogP contribution >= 0.6 is 0 Å². The number of amides is 1. The second-order valence-corrected chi connectivity index (χ2v) is 5.79. The molecule has 0 saturated heterocycles. The molecule has 0 radical (unpaired) electrons. The minimum atomic E-state index is 0.0215. The van der Waals surface area contributed by atoms with E-state index in [1.54, 1.807) is 5.01 Å². The number of hydrogen-bond acceptors (Lipinski definition) is 2. The van der Waals surface area contributed by atoms with Crippen molar-refractivity contribution in [3.8, 4) is 0 Å². The smallest absolute Gasteiger partial charge is 0.248 e. The minimum Gasteiger partial charge on any atom is -0.273 e. The van der Waals surface area contributed by atoms with Crippen LogP contribution in [0.1, 0.15) is 47.0 Å². The van der Waals surface area contributed by atoms with E-state index in [0.717, 1.165) is 5.71 Å². The summed E-state index contributed by atoms with van der Waals surface area (Å²) in [6.45, 7) is 8.46. The molecule has 3 heteroatoms. The van der Waals surface area contributed by atoms with Crippen molar-refractivity contribution in [2.75, 3.05) is 0 Å². The van der Waals surface area contributed by atoms with Crippen molar-refractivity contribution >= 4 is 11.6 Å². The lowest BCUT2D eigenvalue weighted by atomic mass is 9.88. The molecule has 15 heavy (non-hydrogen) atoms. The van der Waals surface area contributed by atoms with Crippen LogP contribution in [0.15, 0.2) is 5.10 Å². The second kappa shape index (κ2) is 3.32. The summed E-state index contributed by atoms with van der Waals surface area (Å²) < 4.78 is 0. The Hall–Kier alpha value is -0.860. The molecule has 1 fully saturated rings. The normalized spacial score (nSPS) is 24.4. The molecule has 0 aromatic heterocycles. The monoisotopic (exact) mass is 208 g/mol. The lowest BCUT2D eigenvalue weighted by Gasteiger charge is -2.20. The summed E-state index contributed by atoms with van der Waals surface area (Å²) in [7, 11) is 0. The van der Waals surface area contributed by atoms with Crippen LogP contribution in [0, 0.1) is 11.3 Å². The van der Waals surface area contributed by atoms with Crippen LogP contribution in [0.4, 0.5) is 0 Å². The van der Waals surface area contributed by atoms with Crippen LogP contribution in [0.5, 0.6) is 0 Å². The molecule has 2 aliphatic rings. The molecule has 1 amide bonds. The zero-order chi connectivity index (χ0) is 11.2. The highest BCUT2D eigenvalue weighted by Gasteiger charge is 2.39. The quantitative estimate of drug-likeness (QED) is 0.686. The van der Waals surface area contributed by atoms with Crippen LogP contribution < -0.4 is 0 Å². The van der Waals surface area contributed by atoms with Gasteiger partial charge in [-0.1, -0.05) is 20.8 Å². The standard InChI is InChI=1S/C12H20N2O/c1-8(9-5-6-9)14-11(15)7-10(13-14)12(2,3)4/h8-9H,5-7H2,1-4H3. The number of hydrazone groups is 1. The van der Waals surface area contributed by atoms with Crippen molar-refractivity contribution in [2.45, 2.75) is 53.0 Å². The Balaban J connectivity index is 2.12. The maximum atomic E-state index is 11.8. The fourth-order valence-corrected chi connectivity index (χ4v) is 1.96. The van der Waals surface area contributed by atoms with Crippen LogP contribution in [0.2, 0.25) is 0 Å². The fourth-order valence-electron chi connectivity index (χ4n) is 1.96. The molecular weight excluding hydrogens is 188 g/mol. The van der Waals surface area contributed by atoms with Gasteiger partial charge in [-0.2, -0.15) is 5.10 Å². The zero-order valence-electron chi connectivity index (χ0n) is 10.1. The zero-order valence-corrected chi connectivity index (χ0v) is 10.1. The van der Waals surface area contributed by atoms with Crippen LogP contribution in [0.25, 0.3) is 0 Å². The molecule has 2 rings (SSSR count). The second-order valence-electron chi connectivity index (χ2n) is 5.79. The van der Waals surface area contributed by atoms with Gasteiger partial charge in [0.2, 0.25) is 5.91 Å². The Morgan fingerprint density at radius 1 is 1.40 bits per heavy atom. The van der Waals surface area contributed by atoms with E-state index in [-0.39, 0.29) is 11.3 Å². The molecular formula is C12H20N2O. The predicted octanol–water partition coefficient (Wildman–Crippen LogP) is 2.42. The first-order valence-electron chi connectivity index (χ1n) is 5.79. The third-order valence-corrected chi connectivity index (χ3v) is 3.36. The van der Waals surface area contributed by atoms with Crippen molar-refractivity contribution in [3.05, 3.63) is 0 Å². The molecule has 0 N–H and O–H groups in total. The molecule has 3 nitrogen and oxygen atoms in total. The van der Waals surface area contributed by atoms with E-state index in [1.165, 1.54) is 12.8 Å². The first kappa shape index (κ1) is 10.7. The van der Waals surface area contributed by atoms with Gasteiger partial charge in [-0.15, -0.1) is 0 Å². The summed E-state index contributed by atoms with van der Waals surface area (Å²) >= 11 is 0. The van der Waals surface area contributed by atoms with Crippen LogP contribution in [-0.2, 0) is 4.79 Å². The Morgan fingerprint density at radius 2 is 2.00 bits per heavy atom. The SMILES string of the molecule is CC(C1CC1)N1N=C(C(C)(C)C)CC1=O. The summed E-state index contributed by atoms with van der Waals surface area (Å²) in [5.41, 5.74) is 1.05. The average Bonchev–Trinajstić information content (AvgIpc) is 2.87. The summed E-state index contributed by atoms with van der Waals surface area (Å²) in [5.74, 6) is 0.872. The highest BCUT2D eigenvalue weighted by atomic mass is 16.2. The van der Waals surface area contributed by atoms with Gasteiger partial charge >= 0.3 is 0 Å². The van der Waals surface area contributed by atoms with Gasteiger partial charge in [-0.3, -0.25) is 4.79 Å². The fraction of sp³-hybridized carbons (Fsp3) is 0.833. The van der Waals surface area contributed by atoms with Crippen molar-refractivity contribution in [2.24, 2.45) is 16.4 Å². The number of rotatable bonds is 2. The van der Waals surface area contributed by atoms with Gasteiger partial charge in [0.05, 0.1) is 18.2 Å². The number of carbonyl (C=O) groups is 1. The lowest BCUT2D eigenvalue weighted by molar-refractivity contribution is -0.130. The van der Waals surface area contributed by atoms with E-state index in [2.05, 4.69) is 32.8 Å². The molecule has 1 aliphatic carbocycles. The van der Waals surface area contributed by atoms with Gasteiger partial charge in [0.25, 0.3) is 0 Å². The van der Waals surface area contributed by atoms with E-state index in [1.807, 2.05) is 0 Å². The maximum absolute atomic E-state index is 11.8. The molecule has 0 bridgehead atoms. The molecule has 1 aliphatic heterocycles. The van der Waals surface area contributed by atoms with Gasteiger partial charge in [0.1, 0.15) is 0 Å². The van der Waals surface area contributed by atoms with E-state index in [9.17, 15) is 4.79 Å². The van der Waals surface area contributed by atoms with Crippen LogP contribution in [0.3, 0.4) is 0 Å². The van der Waals surface area contributed by atoms with E-state index < -0.39 is 0 Å².